The highest BCUT2D eigenvalue weighted by Gasteiger charge is 2.50. The highest BCUT2D eigenvalue weighted by molar-refractivity contribution is 5.85. The van der Waals surface area contributed by atoms with Crippen molar-refractivity contribution in [1.82, 2.24) is 15.1 Å². The van der Waals surface area contributed by atoms with Crippen molar-refractivity contribution >= 4 is 22.5 Å². The molecule has 8 heteroatoms. The molecule has 0 saturated carbocycles. The quantitative estimate of drug-likeness (QED) is 0.378. The van der Waals surface area contributed by atoms with Gasteiger partial charge in [0, 0.05) is 30.0 Å². The van der Waals surface area contributed by atoms with Gasteiger partial charge in [-0.3, -0.25) is 4.79 Å². The molecule has 0 radical (unpaired) electrons. The van der Waals surface area contributed by atoms with Gasteiger partial charge < -0.3 is 10.2 Å². The fourth-order valence-electron chi connectivity index (χ4n) is 5.05. The fourth-order valence-corrected chi connectivity index (χ4v) is 5.05. The molecule has 2 heterocycles. The zero-order valence-corrected chi connectivity index (χ0v) is 20.3. The summed E-state index contributed by atoms with van der Waals surface area (Å²) >= 11 is 0. The summed E-state index contributed by atoms with van der Waals surface area (Å²) in [6.07, 6.45) is 1.75. The molecule has 0 bridgehead atoms. The average Bonchev–Trinajstić information content (AvgIpc) is 3.37. The average molecular weight is 493 g/mol. The number of anilines is 1. The van der Waals surface area contributed by atoms with Crippen LogP contribution in [0.2, 0.25) is 0 Å². The predicted octanol–water partition coefficient (Wildman–Crippen LogP) is 5.89. The Morgan fingerprint density at radius 3 is 2.36 bits per heavy atom. The van der Waals surface area contributed by atoms with Gasteiger partial charge in [-0.05, 0) is 48.0 Å². The smallest absolute Gasteiger partial charge is 0.321 e. The van der Waals surface area contributed by atoms with Crippen LogP contribution in [-0.2, 0) is 4.79 Å². The van der Waals surface area contributed by atoms with Crippen LogP contribution in [0.1, 0.15) is 32.4 Å². The van der Waals surface area contributed by atoms with E-state index in [1.54, 1.807) is 23.0 Å². The lowest BCUT2D eigenvalue weighted by molar-refractivity contribution is -0.144. The largest absolute Gasteiger partial charge is 0.362 e. The lowest BCUT2D eigenvalue weighted by Gasteiger charge is -2.33. The molecule has 1 amide bonds. The number of nitrogens with one attached hydrogen (secondary N) is 1. The van der Waals surface area contributed by atoms with E-state index >= 15 is 0 Å². The molecule has 1 fully saturated rings. The summed E-state index contributed by atoms with van der Waals surface area (Å²) in [5.74, 6) is -5.07. The van der Waals surface area contributed by atoms with E-state index in [9.17, 15) is 18.0 Å². The van der Waals surface area contributed by atoms with Crippen LogP contribution in [0.4, 0.5) is 18.9 Å². The maximum Gasteiger partial charge on any atom is 0.321 e. The fraction of sp³-hybridized carbons (Fsp3) is 0.286. The van der Waals surface area contributed by atoms with Crippen molar-refractivity contribution in [3.63, 3.8) is 0 Å². The molecule has 1 saturated heterocycles. The molecule has 5 nitrogen and oxygen atoms in total. The second kappa shape index (κ2) is 8.69. The summed E-state index contributed by atoms with van der Waals surface area (Å²) in [6.45, 7) is 5.12. The molecule has 1 aliphatic rings. The van der Waals surface area contributed by atoms with Crippen molar-refractivity contribution in [2.75, 3.05) is 11.4 Å². The summed E-state index contributed by atoms with van der Waals surface area (Å²) in [6, 6.07) is 20.8. The summed E-state index contributed by atoms with van der Waals surface area (Å²) in [4.78, 5) is 14.5. The van der Waals surface area contributed by atoms with Gasteiger partial charge in [-0.15, -0.1) is 0 Å². The molecule has 36 heavy (non-hydrogen) atoms. The molecule has 4 aromatic rings. The van der Waals surface area contributed by atoms with Crippen LogP contribution < -0.4 is 10.2 Å². The summed E-state index contributed by atoms with van der Waals surface area (Å²) < 4.78 is 42.8. The number of carbonyl (C=O) groups is 1. The number of aromatic nitrogens is 2. The van der Waals surface area contributed by atoms with Crippen LogP contribution >= 0.6 is 0 Å². The zero-order chi connectivity index (χ0) is 25.7. The zero-order valence-electron chi connectivity index (χ0n) is 20.3. The van der Waals surface area contributed by atoms with Crippen molar-refractivity contribution in [3.8, 4) is 5.69 Å². The summed E-state index contributed by atoms with van der Waals surface area (Å²) in [5.41, 5.74) is 2.93. The number of hydrogen-bond acceptors (Lipinski definition) is 3. The third kappa shape index (κ3) is 4.32. The van der Waals surface area contributed by atoms with Crippen LogP contribution in [0, 0.1) is 11.2 Å². The van der Waals surface area contributed by atoms with Gasteiger partial charge in [0.2, 0.25) is 0 Å². The van der Waals surface area contributed by atoms with Crippen LogP contribution in [-0.4, -0.2) is 34.2 Å². The number of nitrogens with zero attached hydrogens (tertiary/aromatic N) is 3. The van der Waals surface area contributed by atoms with Crippen molar-refractivity contribution in [1.29, 1.82) is 0 Å². The summed E-state index contributed by atoms with van der Waals surface area (Å²) in [5, 5.41) is 8.02. The maximum absolute atomic E-state index is 13.9. The van der Waals surface area contributed by atoms with Gasteiger partial charge >= 0.3 is 5.92 Å². The molecule has 2 atom stereocenters. The lowest BCUT2D eigenvalue weighted by Crippen LogP contribution is -2.50. The lowest BCUT2D eigenvalue weighted by atomic mass is 9.82. The van der Waals surface area contributed by atoms with Gasteiger partial charge in [-0.25, -0.2) is 9.07 Å². The van der Waals surface area contributed by atoms with Crippen LogP contribution in [0.15, 0.2) is 79.0 Å². The molecule has 1 aliphatic heterocycles. The topological polar surface area (TPSA) is 50.2 Å². The maximum atomic E-state index is 13.9. The third-order valence-electron chi connectivity index (χ3n) is 6.85. The third-order valence-corrected chi connectivity index (χ3v) is 6.85. The Labute approximate surface area is 207 Å². The van der Waals surface area contributed by atoms with E-state index in [-0.39, 0.29) is 11.9 Å². The van der Waals surface area contributed by atoms with E-state index in [0.717, 1.165) is 27.8 Å². The molecule has 0 unspecified atom stereocenters. The Hall–Kier alpha value is -3.81. The molecule has 186 valence electrons. The molecular formula is C28H27F3N4O. The monoisotopic (exact) mass is 492 g/mol. The van der Waals surface area contributed by atoms with Gasteiger partial charge in [0.25, 0.3) is 5.91 Å². The minimum Gasteiger partial charge on any atom is -0.362 e. The number of carbonyl (C=O) groups excluding carboxylic acids is 1. The number of amides is 1. The van der Waals surface area contributed by atoms with Gasteiger partial charge in [0.15, 0.2) is 0 Å². The van der Waals surface area contributed by atoms with E-state index in [1.165, 1.54) is 12.1 Å². The van der Waals surface area contributed by atoms with Crippen LogP contribution in [0.5, 0.6) is 0 Å². The van der Waals surface area contributed by atoms with E-state index < -0.39 is 23.3 Å². The minimum absolute atomic E-state index is 0.316. The van der Waals surface area contributed by atoms with E-state index in [4.69, 9.17) is 0 Å². The molecule has 0 spiro atoms. The number of fused-ring (bicyclic) bond motifs is 1. The van der Waals surface area contributed by atoms with Gasteiger partial charge in [0.05, 0.1) is 29.5 Å². The molecule has 1 N–H and O–H groups in total. The van der Waals surface area contributed by atoms with Gasteiger partial charge in [-0.2, -0.15) is 13.9 Å². The second-order valence-electron chi connectivity index (χ2n) is 10.1. The molecular weight excluding hydrogens is 465 g/mol. The van der Waals surface area contributed by atoms with E-state index in [0.29, 0.717) is 13.5 Å². The number of benzene rings is 3. The molecule has 0 aliphatic carbocycles. The SMILES string of the molecule is CC(F)(F)C(=O)N[C@@H]1[C@@H](c2ccccc2)N(c2ccc3c(cnn3-c3ccc(F)cc3)c2)CC1(C)C. The molecule has 5 rings (SSSR count). The Morgan fingerprint density at radius 1 is 1.03 bits per heavy atom. The van der Waals surface area contributed by atoms with Crippen molar-refractivity contribution < 1.29 is 18.0 Å². The van der Waals surface area contributed by atoms with Gasteiger partial charge in [-0.1, -0.05) is 44.2 Å². The Balaban J connectivity index is 1.55. The Kier molecular flexibility index (Phi) is 5.77. The highest BCUT2D eigenvalue weighted by atomic mass is 19.3. The molecule has 1 aromatic heterocycles. The van der Waals surface area contributed by atoms with Crippen molar-refractivity contribution in [2.24, 2.45) is 5.41 Å². The van der Waals surface area contributed by atoms with Gasteiger partial charge in [0.1, 0.15) is 5.82 Å². The first-order chi connectivity index (χ1) is 17.0. The van der Waals surface area contributed by atoms with Crippen LogP contribution in [0.25, 0.3) is 16.6 Å². The second-order valence-corrected chi connectivity index (χ2v) is 10.1. The number of rotatable bonds is 5. The first kappa shape index (κ1) is 23.9. The molecule has 3 aromatic carbocycles. The standard InChI is InChI=1S/C28H27F3N4O/c1-27(2)17-34(24(18-7-5-4-6-8-18)25(27)33-26(36)28(3,30)31)22-13-14-23-19(15-22)16-32-35(23)21-11-9-20(29)10-12-21/h4-16,24-25H,17H2,1-3H3,(H,33,36)/t24-,25-/m1/s1. The minimum atomic E-state index is -3.47. The highest BCUT2D eigenvalue weighted by Crippen LogP contribution is 2.46. The summed E-state index contributed by atoms with van der Waals surface area (Å²) in [7, 11) is 0. The number of alkyl halides is 2. The number of hydrogen-bond donors (Lipinski definition) is 1. The Morgan fingerprint density at radius 2 is 1.69 bits per heavy atom. The normalized spacial score (nSPS) is 19.6. The predicted molar refractivity (Wildman–Crippen MR) is 134 cm³/mol. The van der Waals surface area contributed by atoms with Crippen molar-refractivity contribution in [2.45, 2.75) is 38.8 Å². The first-order valence-electron chi connectivity index (χ1n) is 11.8. The van der Waals surface area contributed by atoms with Crippen LogP contribution in [0.3, 0.4) is 0 Å². The van der Waals surface area contributed by atoms with E-state index in [1.807, 2.05) is 62.4 Å². The number of halogens is 3. The van der Waals surface area contributed by atoms with Crippen molar-refractivity contribution in [3.05, 3.63) is 90.4 Å². The Bertz CT molecular complexity index is 1390. The van der Waals surface area contributed by atoms with E-state index in [2.05, 4.69) is 15.3 Å². The first-order valence-corrected chi connectivity index (χ1v) is 11.8.